The van der Waals surface area contributed by atoms with Crippen molar-refractivity contribution in [2.45, 2.75) is 13.5 Å². The first-order valence-corrected chi connectivity index (χ1v) is 6.01. The van der Waals surface area contributed by atoms with E-state index in [0.29, 0.717) is 11.1 Å². The normalized spacial score (nSPS) is 10.1. The maximum Gasteiger partial charge on any atom is 0.270 e. The van der Waals surface area contributed by atoms with Crippen molar-refractivity contribution in [2.24, 2.45) is 0 Å². The Morgan fingerprint density at radius 3 is 2.80 bits per heavy atom. The van der Waals surface area contributed by atoms with Crippen molar-refractivity contribution >= 4 is 11.6 Å². The number of non-ortho nitro benzene ring substituents is 1. The lowest BCUT2D eigenvalue weighted by atomic mass is 10.1. The number of rotatable bonds is 4. The van der Waals surface area contributed by atoms with Gasteiger partial charge in [-0.2, -0.15) is 0 Å². The molecule has 0 atom stereocenters. The Labute approximate surface area is 115 Å². The molecule has 0 saturated carbocycles. The maximum absolute atomic E-state index is 12.1. The third-order valence-corrected chi connectivity index (χ3v) is 2.83. The highest BCUT2D eigenvalue weighted by Gasteiger charge is 2.14. The number of amides is 1. The fraction of sp³-hybridized carbons (Fsp3) is 0.143. The van der Waals surface area contributed by atoms with Gasteiger partial charge in [-0.3, -0.25) is 19.9 Å². The molecule has 1 N–H and O–H groups in total. The molecule has 2 rings (SSSR count). The summed E-state index contributed by atoms with van der Waals surface area (Å²) < 4.78 is 0. The second kappa shape index (κ2) is 5.92. The Morgan fingerprint density at radius 1 is 1.35 bits per heavy atom. The number of aromatic nitrogens is 1. The van der Waals surface area contributed by atoms with Crippen LogP contribution in [-0.4, -0.2) is 15.8 Å². The van der Waals surface area contributed by atoms with Gasteiger partial charge in [0.15, 0.2) is 0 Å². The zero-order valence-corrected chi connectivity index (χ0v) is 10.9. The van der Waals surface area contributed by atoms with E-state index in [9.17, 15) is 14.9 Å². The van der Waals surface area contributed by atoms with Crippen molar-refractivity contribution in [3.8, 4) is 0 Å². The molecule has 1 heterocycles. The molecule has 0 fully saturated rings. The molecule has 1 aromatic carbocycles. The highest BCUT2D eigenvalue weighted by Crippen LogP contribution is 2.17. The highest BCUT2D eigenvalue weighted by molar-refractivity contribution is 5.96. The van der Waals surface area contributed by atoms with Crippen molar-refractivity contribution in [1.29, 1.82) is 0 Å². The molecule has 0 unspecified atom stereocenters. The van der Waals surface area contributed by atoms with Gasteiger partial charge in [0, 0.05) is 23.9 Å². The molecule has 102 valence electrons. The van der Waals surface area contributed by atoms with E-state index in [0.717, 1.165) is 5.69 Å². The van der Waals surface area contributed by atoms with Crippen LogP contribution < -0.4 is 5.32 Å². The Hall–Kier alpha value is -2.76. The number of aryl methyl sites for hydroxylation is 1. The van der Waals surface area contributed by atoms with Crippen molar-refractivity contribution in [2.75, 3.05) is 0 Å². The quantitative estimate of drug-likeness (QED) is 0.682. The van der Waals surface area contributed by atoms with Gasteiger partial charge < -0.3 is 5.32 Å². The van der Waals surface area contributed by atoms with Gasteiger partial charge in [0.25, 0.3) is 11.6 Å². The van der Waals surface area contributed by atoms with Crippen LogP contribution in [0.5, 0.6) is 0 Å². The summed E-state index contributed by atoms with van der Waals surface area (Å²) in [5.41, 5.74) is 1.62. The number of pyridine rings is 1. The van der Waals surface area contributed by atoms with Gasteiger partial charge in [0.2, 0.25) is 0 Å². The number of carbonyl (C=O) groups excluding carboxylic acids is 1. The molecule has 0 aliphatic carbocycles. The third-order valence-electron chi connectivity index (χ3n) is 2.83. The molecular formula is C14H13N3O3. The minimum atomic E-state index is -0.519. The van der Waals surface area contributed by atoms with E-state index >= 15 is 0 Å². The molecule has 0 saturated heterocycles. The zero-order valence-electron chi connectivity index (χ0n) is 10.9. The zero-order chi connectivity index (χ0) is 14.5. The number of nitrogens with zero attached hydrogens (tertiary/aromatic N) is 2. The fourth-order valence-electron chi connectivity index (χ4n) is 1.74. The fourth-order valence-corrected chi connectivity index (χ4v) is 1.74. The minimum absolute atomic E-state index is 0.0985. The summed E-state index contributed by atoms with van der Waals surface area (Å²) in [5.74, 6) is -0.350. The Bertz CT molecular complexity index is 641. The van der Waals surface area contributed by atoms with Gasteiger partial charge in [0.05, 0.1) is 17.2 Å². The van der Waals surface area contributed by atoms with Crippen LogP contribution in [-0.2, 0) is 6.54 Å². The second-order valence-corrected chi connectivity index (χ2v) is 4.26. The van der Waals surface area contributed by atoms with E-state index in [1.807, 2.05) is 6.07 Å². The van der Waals surface area contributed by atoms with Crippen LogP contribution in [0.25, 0.3) is 0 Å². The summed E-state index contributed by atoms with van der Waals surface area (Å²) in [7, 11) is 0. The first-order valence-electron chi connectivity index (χ1n) is 6.01. The standard InChI is InChI=1S/C14H13N3O3/c1-10-5-6-12(17(19)20)8-13(10)14(18)16-9-11-4-2-3-7-15-11/h2-8H,9H2,1H3,(H,16,18). The number of benzene rings is 1. The molecule has 0 aliphatic rings. The van der Waals surface area contributed by atoms with Crippen molar-refractivity contribution in [3.05, 3.63) is 69.5 Å². The monoisotopic (exact) mass is 271 g/mol. The van der Waals surface area contributed by atoms with Gasteiger partial charge >= 0.3 is 0 Å². The first-order chi connectivity index (χ1) is 9.58. The predicted molar refractivity (Wildman–Crippen MR) is 73.2 cm³/mol. The van der Waals surface area contributed by atoms with Crippen LogP contribution >= 0.6 is 0 Å². The van der Waals surface area contributed by atoms with Crippen molar-refractivity contribution in [3.63, 3.8) is 0 Å². The first kappa shape index (κ1) is 13.7. The smallest absolute Gasteiger partial charge is 0.270 e. The molecule has 0 aliphatic heterocycles. The number of nitrogens with one attached hydrogen (secondary N) is 1. The molecule has 20 heavy (non-hydrogen) atoms. The van der Waals surface area contributed by atoms with Gasteiger partial charge in [-0.15, -0.1) is 0 Å². The molecule has 0 radical (unpaired) electrons. The molecule has 1 amide bonds. The number of nitro benzene ring substituents is 1. The van der Waals surface area contributed by atoms with Crippen LogP contribution in [0, 0.1) is 17.0 Å². The van der Waals surface area contributed by atoms with E-state index in [1.165, 1.54) is 12.1 Å². The van der Waals surface area contributed by atoms with Gasteiger partial charge in [-0.05, 0) is 24.6 Å². The maximum atomic E-state index is 12.1. The van der Waals surface area contributed by atoms with Crippen molar-refractivity contribution < 1.29 is 9.72 Å². The number of nitro groups is 1. The Kier molecular flexibility index (Phi) is 4.05. The highest BCUT2D eigenvalue weighted by atomic mass is 16.6. The minimum Gasteiger partial charge on any atom is -0.346 e. The van der Waals surface area contributed by atoms with Crippen LogP contribution in [0.4, 0.5) is 5.69 Å². The number of hydrogen-bond acceptors (Lipinski definition) is 4. The van der Waals surface area contributed by atoms with Crippen LogP contribution in [0.1, 0.15) is 21.6 Å². The molecule has 6 heteroatoms. The van der Waals surface area contributed by atoms with Crippen LogP contribution in [0.2, 0.25) is 0 Å². The van der Waals surface area contributed by atoms with Gasteiger partial charge in [-0.1, -0.05) is 12.1 Å². The van der Waals surface area contributed by atoms with Gasteiger partial charge in [0.1, 0.15) is 0 Å². The van der Waals surface area contributed by atoms with E-state index in [2.05, 4.69) is 10.3 Å². The van der Waals surface area contributed by atoms with Crippen LogP contribution in [0.3, 0.4) is 0 Å². The molecule has 0 spiro atoms. The van der Waals surface area contributed by atoms with E-state index < -0.39 is 4.92 Å². The molecule has 2 aromatic rings. The SMILES string of the molecule is Cc1ccc([N+](=O)[O-])cc1C(=O)NCc1ccccn1. The Balaban J connectivity index is 2.13. The number of hydrogen-bond donors (Lipinski definition) is 1. The third kappa shape index (κ3) is 3.17. The summed E-state index contributed by atoms with van der Waals surface area (Å²) >= 11 is 0. The summed E-state index contributed by atoms with van der Waals surface area (Å²) in [4.78, 5) is 26.4. The van der Waals surface area contributed by atoms with E-state index in [4.69, 9.17) is 0 Å². The lowest BCUT2D eigenvalue weighted by Gasteiger charge is -2.07. The Morgan fingerprint density at radius 2 is 2.15 bits per heavy atom. The van der Waals surface area contributed by atoms with E-state index in [-0.39, 0.29) is 18.1 Å². The van der Waals surface area contributed by atoms with Crippen LogP contribution in [0.15, 0.2) is 42.6 Å². The largest absolute Gasteiger partial charge is 0.346 e. The predicted octanol–water partition coefficient (Wildman–Crippen LogP) is 2.23. The van der Waals surface area contributed by atoms with Gasteiger partial charge in [-0.25, -0.2) is 0 Å². The summed E-state index contributed by atoms with van der Waals surface area (Å²) in [6, 6.07) is 9.63. The van der Waals surface area contributed by atoms with Crippen molar-refractivity contribution in [1.82, 2.24) is 10.3 Å². The lowest BCUT2D eigenvalue weighted by molar-refractivity contribution is -0.384. The molecular weight excluding hydrogens is 258 g/mol. The molecule has 1 aromatic heterocycles. The average molecular weight is 271 g/mol. The molecule has 0 bridgehead atoms. The number of carbonyl (C=O) groups is 1. The molecule has 6 nitrogen and oxygen atoms in total. The summed E-state index contributed by atoms with van der Waals surface area (Å²) in [6.07, 6.45) is 1.64. The summed E-state index contributed by atoms with van der Waals surface area (Å²) in [6.45, 7) is 2.02. The average Bonchev–Trinajstić information content (AvgIpc) is 2.46. The van der Waals surface area contributed by atoms with E-state index in [1.54, 1.807) is 31.3 Å². The topological polar surface area (TPSA) is 85.1 Å². The summed E-state index contributed by atoms with van der Waals surface area (Å²) in [5, 5.41) is 13.4. The second-order valence-electron chi connectivity index (χ2n) is 4.26. The lowest BCUT2D eigenvalue weighted by Crippen LogP contribution is -2.24.